The number of amides is 1. The number of aliphatic hydroxyl groups excluding tert-OH is 1. The van der Waals surface area contributed by atoms with Gasteiger partial charge in [-0.25, -0.2) is 0 Å². The van der Waals surface area contributed by atoms with Crippen LogP contribution in [0.4, 0.5) is 0 Å². The van der Waals surface area contributed by atoms with Crippen LogP contribution in [0, 0.1) is 0 Å². The minimum absolute atomic E-state index is 0.0272. The lowest BCUT2D eigenvalue weighted by molar-refractivity contribution is -0.128. The van der Waals surface area contributed by atoms with Crippen LogP contribution in [0.1, 0.15) is 45.4 Å². The molecule has 2 heterocycles. The third kappa shape index (κ3) is 2.20. The molecule has 3 atom stereocenters. The maximum absolute atomic E-state index is 12.1. The van der Waals surface area contributed by atoms with E-state index in [-0.39, 0.29) is 18.1 Å². The van der Waals surface area contributed by atoms with Gasteiger partial charge in [-0.05, 0) is 45.4 Å². The Balaban J connectivity index is 1.65. The van der Waals surface area contributed by atoms with Crippen molar-refractivity contribution in [2.75, 3.05) is 0 Å². The number of carbonyl (C=O) groups excluding carboxylic acids is 1. The van der Waals surface area contributed by atoms with Crippen LogP contribution in [0.25, 0.3) is 0 Å². The predicted octanol–water partition coefficient (Wildman–Crippen LogP) is 0.641. The van der Waals surface area contributed by atoms with Crippen molar-refractivity contribution in [1.82, 2.24) is 10.2 Å². The quantitative estimate of drug-likeness (QED) is 0.758. The van der Waals surface area contributed by atoms with Gasteiger partial charge in [0, 0.05) is 18.1 Å². The first-order chi connectivity index (χ1) is 8.15. The van der Waals surface area contributed by atoms with Crippen molar-refractivity contribution in [3.63, 3.8) is 0 Å². The molecule has 4 nitrogen and oxygen atoms in total. The molecule has 1 aliphatic carbocycles. The zero-order valence-corrected chi connectivity index (χ0v) is 10.4. The van der Waals surface area contributed by atoms with Gasteiger partial charge in [-0.2, -0.15) is 0 Å². The summed E-state index contributed by atoms with van der Waals surface area (Å²) < 4.78 is 0. The van der Waals surface area contributed by atoms with E-state index in [0.717, 1.165) is 38.5 Å². The van der Waals surface area contributed by atoms with Crippen LogP contribution in [-0.2, 0) is 4.79 Å². The zero-order chi connectivity index (χ0) is 12.0. The van der Waals surface area contributed by atoms with Crippen LogP contribution in [-0.4, -0.2) is 46.2 Å². The zero-order valence-electron chi connectivity index (χ0n) is 10.4. The highest BCUT2D eigenvalue weighted by molar-refractivity contribution is 5.82. The molecule has 2 bridgehead atoms. The Morgan fingerprint density at radius 2 is 1.82 bits per heavy atom. The molecular weight excluding hydrogens is 216 g/mol. The average Bonchev–Trinajstić information content (AvgIpc) is 3.04. The minimum Gasteiger partial charge on any atom is -0.393 e. The molecule has 96 valence electrons. The van der Waals surface area contributed by atoms with Crippen LogP contribution in [0.5, 0.6) is 0 Å². The number of aliphatic hydroxyl groups is 1. The first-order valence-corrected chi connectivity index (χ1v) is 6.91. The molecular formula is C13H22N2O2. The lowest BCUT2D eigenvalue weighted by Crippen LogP contribution is -2.54. The number of fused-ring (bicyclic) bond motifs is 2. The molecule has 0 aromatic rings. The normalized spacial score (nSPS) is 39.1. The van der Waals surface area contributed by atoms with Crippen molar-refractivity contribution < 1.29 is 9.90 Å². The fourth-order valence-electron chi connectivity index (χ4n) is 3.50. The number of hydrogen-bond donors (Lipinski definition) is 2. The molecule has 3 aliphatic rings. The summed E-state index contributed by atoms with van der Waals surface area (Å²) in [4.78, 5) is 14.4. The van der Waals surface area contributed by atoms with E-state index >= 15 is 0 Å². The Kier molecular flexibility index (Phi) is 2.87. The Hall–Kier alpha value is -0.610. The molecule has 2 saturated heterocycles. The van der Waals surface area contributed by atoms with Gasteiger partial charge in [0.05, 0.1) is 12.1 Å². The summed E-state index contributed by atoms with van der Waals surface area (Å²) in [5.74, 6) is 0.181. The van der Waals surface area contributed by atoms with Gasteiger partial charge in [0.25, 0.3) is 0 Å². The molecule has 0 spiro atoms. The van der Waals surface area contributed by atoms with Gasteiger partial charge in [-0.3, -0.25) is 9.69 Å². The van der Waals surface area contributed by atoms with Gasteiger partial charge in [0.2, 0.25) is 5.91 Å². The molecule has 17 heavy (non-hydrogen) atoms. The van der Waals surface area contributed by atoms with Crippen molar-refractivity contribution in [3.8, 4) is 0 Å². The molecule has 3 unspecified atom stereocenters. The molecule has 1 saturated carbocycles. The molecule has 0 radical (unpaired) electrons. The van der Waals surface area contributed by atoms with Gasteiger partial charge in [-0.1, -0.05) is 0 Å². The third-order valence-corrected chi connectivity index (χ3v) is 4.52. The molecule has 2 N–H and O–H groups in total. The fraction of sp³-hybridized carbons (Fsp3) is 0.923. The number of carbonyl (C=O) groups is 1. The van der Waals surface area contributed by atoms with E-state index in [1.54, 1.807) is 0 Å². The summed E-state index contributed by atoms with van der Waals surface area (Å²) in [6.45, 7) is 2.01. The summed E-state index contributed by atoms with van der Waals surface area (Å²) >= 11 is 0. The summed E-state index contributed by atoms with van der Waals surface area (Å²) in [7, 11) is 0. The molecule has 2 aliphatic heterocycles. The summed E-state index contributed by atoms with van der Waals surface area (Å²) in [5, 5.41) is 12.8. The molecule has 1 amide bonds. The number of piperidine rings is 1. The average molecular weight is 238 g/mol. The summed E-state index contributed by atoms with van der Waals surface area (Å²) in [5.41, 5.74) is 0. The predicted molar refractivity (Wildman–Crippen MR) is 64.5 cm³/mol. The minimum atomic E-state index is -0.151. The van der Waals surface area contributed by atoms with Gasteiger partial charge >= 0.3 is 0 Å². The summed E-state index contributed by atoms with van der Waals surface area (Å²) in [6.07, 6.45) is 6.11. The van der Waals surface area contributed by atoms with E-state index < -0.39 is 0 Å². The van der Waals surface area contributed by atoms with Gasteiger partial charge < -0.3 is 10.4 Å². The Morgan fingerprint density at radius 3 is 2.35 bits per heavy atom. The number of hydrogen-bond acceptors (Lipinski definition) is 3. The fourth-order valence-corrected chi connectivity index (χ4v) is 3.50. The summed E-state index contributed by atoms with van der Waals surface area (Å²) in [6, 6.07) is 1.26. The maximum atomic E-state index is 12.1. The third-order valence-electron chi connectivity index (χ3n) is 4.52. The number of rotatable bonds is 3. The monoisotopic (exact) mass is 238 g/mol. The van der Waals surface area contributed by atoms with E-state index in [4.69, 9.17) is 0 Å². The van der Waals surface area contributed by atoms with Crippen molar-refractivity contribution in [3.05, 3.63) is 0 Å². The second kappa shape index (κ2) is 4.25. The van der Waals surface area contributed by atoms with E-state index in [1.807, 2.05) is 6.92 Å². The van der Waals surface area contributed by atoms with Crippen LogP contribution in [0.3, 0.4) is 0 Å². The largest absolute Gasteiger partial charge is 0.393 e. The van der Waals surface area contributed by atoms with Crippen molar-refractivity contribution in [2.45, 2.75) is 75.7 Å². The number of nitrogens with zero attached hydrogens (tertiary/aromatic N) is 1. The standard InChI is InChI=1S/C13H22N2O2/c1-8(13(17)14-9-2-3-9)15-10-4-5-11(15)7-12(16)6-10/h8-12,16H,2-7H2,1H3,(H,14,17). The molecule has 3 fully saturated rings. The van der Waals surface area contributed by atoms with E-state index in [2.05, 4.69) is 10.2 Å². The Bertz CT molecular complexity index is 303. The second-order valence-corrected chi connectivity index (χ2v) is 5.92. The highest BCUT2D eigenvalue weighted by Gasteiger charge is 2.44. The highest BCUT2D eigenvalue weighted by atomic mass is 16.3. The SMILES string of the molecule is CC(C(=O)NC1CC1)N1C2CCC1CC(O)C2. The first kappa shape index (κ1) is 11.5. The van der Waals surface area contributed by atoms with Gasteiger partial charge in [0.15, 0.2) is 0 Å². The lowest BCUT2D eigenvalue weighted by atomic mass is 9.98. The van der Waals surface area contributed by atoms with E-state index in [0.29, 0.717) is 18.1 Å². The van der Waals surface area contributed by atoms with Crippen LogP contribution in [0.2, 0.25) is 0 Å². The Labute approximate surface area is 102 Å². The molecule has 0 aromatic carbocycles. The van der Waals surface area contributed by atoms with Crippen LogP contribution >= 0.6 is 0 Å². The van der Waals surface area contributed by atoms with Crippen molar-refractivity contribution in [1.29, 1.82) is 0 Å². The topological polar surface area (TPSA) is 52.6 Å². The Morgan fingerprint density at radius 1 is 1.24 bits per heavy atom. The van der Waals surface area contributed by atoms with Gasteiger partial charge in [0.1, 0.15) is 0 Å². The number of nitrogens with one attached hydrogen (secondary N) is 1. The van der Waals surface area contributed by atoms with Crippen molar-refractivity contribution in [2.24, 2.45) is 0 Å². The van der Waals surface area contributed by atoms with E-state index in [1.165, 1.54) is 0 Å². The first-order valence-electron chi connectivity index (χ1n) is 6.91. The van der Waals surface area contributed by atoms with Gasteiger partial charge in [-0.15, -0.1) is 0 Å². The van der Waals surface area contributed by atoms with Crippen LogP contribution in [0.15, 0.2) is 0 Å². The maximum Gasteiger partial charge on any atom is 0.237 e. The molecule has 4 heteroatoms. The molecule has 3 rings (SSSR count). The lowest BCUT2D eigenvalue weighted by Gasteiger charge is -2.40. The second-order valence-electron chi connectivity index (χ2n) is 5.92. The highest BCUT2D eigenvalue weighted by Crippen LogP contribution is 2.37. The smallest absolute Gasteiger partial charge is 0.237 e. The van der Waals surface area contributed by atoms with E-state index in [9.17, 15) is 9.90 Å². The van der Waals surface area contributed by atoms with Crippen LogP contribution < -0.4 is 5.32 Å². The molecule has 0 aromatic heterocycles. The van der Waals surface area contributed by atoms with Crippen molar-refractivity contribution >= 4 is 5.91 Å².